The molecule has 3 heterocycles. The second-order valence-corrected chi connectivity index (χ2v) is 14.5. The van der Waals surface area contributed by atoms with Crippen LogP contribution in [0.1, 0.15) is 0 Å². The molecule has 0 saturated carbocycles. The van der Waals surface area contributed by atoms with Crippen molar-refractivity contribution in [1.82, 2.24) is 15.0 Å². The molecular weight excluding hydrogens is 647 g/mol. The molecule has 0 N–H and O–H groups in total. The highest BCUT2D eigenvalue weighted by molar-refractivity contribution is 7.26. The summed E-state index contributed by atoms with van der Waals surface area (Å²) in [6.07, 6.45) is 0. The van der Waals surface area contributed by atoms with Gasteiger partial charge in [-0.3, -0.25) is 0 Å². The van der Waals surface area contributed by atoms with Crippen LogP contribution < -0.4 is 0 Å². The van der Waals surface area contributed by atoms with Gasteiger partial charge in [-0.05, 0) is 47.0 Å². The molecule has 0 radical (unpaired) electrons. The number of thiophene rings is 2. The van der Waals surface area contributed by atoms with E-state index in [1.54, 1.807) is 0 Å². The normalized spacial score (nSPS) is 11.6. The van der Waals surface area contributed by atoms with Crippen LogP contribution in [-0.2, 0) is 0 Å². The van der Waals surface area contributed by atoms with Crippen molar-refractivity contribution in [1.29, 1.82) is 0 Å². The minimum absolute atomic E-state index is 0.666. The molecule has 10 aromatic rings. The standard InChI is InChI=1S/C45H27N3S2/c1-4-13-28(14-5-1)36-25-32(26-37-34-19-10-11-21-38(34)50-42(36)37)33-20-12-22-39-41(33)35-24-23-31(27-40(35)49-39)45-47-43(29-15-6-2-7-16-29)46-44(48-45)30-17-8-3-9-18-30/h1-27H. The zero-order valence-electron chi connectivity index (χ0n) is 26.7. The Morgan fingerprint density at radius 2 is 0.920 bits per heavy atom. The van der Waals surface area contributed by atoms with Crippen LogP contribution in [0.5, 0.6) is 0 Å². The number of hydrogen-bond acceptors (Lipinski definition) is 5. The SMILES string of the molecule is c1ccc(-c2nc(-c3ccccc3)nc(-c3ccc4c(c3)sc3cccc(-c5cc(-c6ccccc6)c6sc7ccccc7c6c5)c34)n2)cc1. The van der Waals surface area contributed by atoms with E-state index in [9.17, 15) is 0 Å². The first-order valence-electron chi connectivity index (χ1n) is 16.6. The van der Waals surface area contributed by atoms with Crippen molar-refractivity contribution in [3.8, 4) is 56.4 Å². The lowest BCUT2D eigenvalue weighted by molar-refractivity contribution is 1.07. The predicted octanol–water partition coefficient (Wildman–Crippen LogP) is 12.9. The third kappa shape index (κ3) is 4.90. The van der Waals surface area contributed by atoms with Gasteiger partial charge in [0, 0.05) is 62.6 Å². The van der Waals surface area contributed by atoms with Gasteiger partial charge >= 0.3 is 0 Å². The summed E-state index contributed by atoms with van der Waals surface area (Å²) in [4.78, 5) is 14.9. The Balaban J connectivity index is 1.16. The second kappa shape index (κ2) is 11.8. The lowest BCUT2D eigenvalue weighted by atomic mass is 9.93. The topological polar surface area (TPSA) is 38.7 Å². The minimum atomic E-state index is 0.666. The zero-order valence-corrected chi connectivity index (χ0v) is 28.4. The molecule has 234 valence electrons. The fourth-order valence-electron chi connectivity index (χ4n) is 6.96. The van der Waals surface area contributed by atoms with Gasteiger partial charge in [0.25, 0.3) is 0 Å². The quantitative estimate of drug-likeness (QED) is 0.182. The molecule has 0 bridgehead atoms. The molecule has 0 aliphatic heterocycles. The van der Waals surface area contributed by atoms with Crippen LogP contribution >= 0.6 is 22.7 Å². The number of fused-ring (bicyclic) bond motifs is 6. The van der Waals surface area contributed by atoms with Gasteiger partial charge in [-0.1, -0.05) is 133 Å². The Kier molecular flexibility index (Phi) is 6.86. The Morgan fingerprint density at radius 3 is 1.62 bits per heavy atom. The molecule has 50 heavy (non-hydrogen) atoms. The Bertz CT molecular complexity index is 2800. The van der Waals surface area contributed by atoms with Crippen molar-refractivity contribution in [2.45, 2.75) is 0 Å². The zero-order chi connectivity index (χ0) is 33.0. The highest BCUT2D eigenvalue weighted by Gasteiger charge is 2.18. The van der Waals surface area contributed by atoms with Crippen molar-refractivity contribution in [2.24, 2.45) is 0 Å². The first kappa shape index (κ1) is 29.0. The first-order chi connectivity index (χ1) is 24.8. The van der Waals surface area contributed by atoms with Crippen molar-refractivity contribution in [3.63, 3.8) is 0 Å². The van der Waals surface area contributed by atoms with E-state index in [4.69, 9.17) is 15.0 Å². The summed E-state index contributed by atoms with van der Waals surface area (Å²) < 4.78 is 5.11. The van der Waals surface area contributed by atoms with Crippen LogP contribution in [0.2, 0.25) is 0 Å². The average molecular weight is 674 g/mol. The fourth-order valence-corrected chi connectivity index (χ4v) is 9.35. The van der Waals surface area contributed by atoms with E-state index >= 15 is 0 Å². The fraction of sp³-hybridized carbons (Fsp3) is 0. The Morgan fingerprint density at radius 1 is 0.320 bits per heavy atom. The van der Waals surface area contributed by atoms with Crippen molar-refractivity contribution in [2.75, 3.05) is 0 Å². The van der Waals surface area contributed by atoms with Crippen molar-refractivity contribution in [3.05, 3.63) is 164 Å². The molecule has 7 aromatic carbocycles. The molecule has 0 aliphatic carbocycles. The van der Waals surface area contributed by atoms with Gasteiger partial charge in [-0.15, -0.1) is 22.7 Å². The third-order valence-corrected chi connectivity index (χ3v) is 11.7. The van der Waals surface area contributed by atoms with Crippen LogP contribution in [0.25, 0.3) is 96.8 Å². The number of nitrogens with zero attached hydrogens (tertiary/aromatic N) is 3. The van der Waals surface area contributed by atoms with E-state index in [0.717, 1.165) is 16.7 Å². The third-order valence-electron chi connectivity index (χ3n) is 9.33. The highest BCUT2D eigenvalue weighted by atomic mass is 32.1. The maximum atomic E-state index is 5.00. The van der Waals surface area contributed by atoms with Gasteiger partial charge in [0.05, 0.1) is 0 Å². The van der Waals surface area contributed by atoms with Crippen LogP contribution in [0.3, 0.4) is 0 Å². The molecule has 0 aliphatic rings. The van der Waals surface area contributed by atoms with Crippen molar-refractivity contribution >= 4 is 63.0 Å². The van der Waals surface area contributed by atoms with E-state index in [1.165, 1.54) is 62.6 Å². The van der Waals surface area contributed by atoms with Crippen LogP contribution in [0, 0.1) is 0 Å². The largest absolute Gasteiger partial charge is 0.208 e. The van der Waals surface area contributed by atoms with Gasteiger partial charge in [0.1, 0.15) is 0 Å². The highest BCUT2D eigenvalue weighted by Crippen LogP contribution is 2.46. The molecular formula is C45H27N3S2. The molecule has 0 amide bonds. The smallest absolute Gasteiger partial charge is 0.164 e. The van der Waals surface area contributed by atoms with E-state index in [0.29, 0.717) is 17.5 Å². The summed E-state index contributed by atoms with van der Waals surface area (Å²) in [6.45, 7) is 0. The number of hydrogen-bond donors (Lipinski definition) is 0. The van der Waals surface area contributed by atoms with E-state index in [-0.39, 0.29) is 0 Å². The molecule has 0 atom stereocenters. The Labute approximate surface area is 296 Å². The van der Waals surface area contributed by atoms with Crippen LogP contribution in [0.4, 0.5) is 0 Å². The van der Waals surface area contributed by atoms with Gasteiger partial charge in [-0.2, -0.15) is 0 Å². The summed E-state index contributed by atoms with van der Waals surface area (Å²) >= 11 is 3.70. The van der Waals surface area contributed by atoms with E-state index < -0.39 is 0 Å². The lowest BCUT2D eigenvalue weighted by Gasteiger charge is -2.11. The van der Waals surface area contributed by atoms with Gasteiger partial charge in [-0.25, -0.2) is 15.0 Å². The summed E-state index contributed by atoms with van der Waals surface area (Å²) in [7, 11) is 0. The summed E-state index contributed by atoms with van der Waals surface area (Å²) in [5, 5.41) is 5.13. The number of benzene rings is 7. The molecule has 10 rings (SSSR count). The first-order valence-corrected chi connectivity index (χ1v) is 18.2. The monoisotopic (exact) mass is 673 g/mol. The molecule has 5 heteroatoms. The molecule has 0 spiro atoms. The predicted molar refractivity (Wildman–Crippen MR) is 213 cm³/mol. The molecule has 3 nitrogen and oxygen atoms in total. The maximum absolute atomic E-state index is 5.00. The van der Waals surface area contributed by atoms with Crippen molar-refractivity contribution < 1.29 is 0 Å². The lowest BCUT2D eigenvalue weighted by Crippen LogP contribution is -1.99. The van der Waals surface area contributed by atoms with Crippen LogP contribution in [0.15, 0.2) is 164 Å². The average Bonchev–Trinajstić information content (AvgIpc) is 3.76. The van der Waals surface area contributed by atoms with E-state index in [1.807, 2.05) is 83.3 Å². The minimum Gasteiger partial charge on any atom is -0.208 e. The van der Waals surface area contributed by atoms with Crippen LogP contribution in [-0.4, -0.2) is 15.0 Å². The summed E-state index contributed by atoms with van der Waals surface area (Å²) in [5.41, 5.74) is 7.88. The van der Waals surface area contributed by atoms with Gasteiger partial charge < -0.3 is 0 Å². The van der Waals surface area contributed by atoms with Gasteiger partial charge in [0.2, 0.25) is 0 Å². The Hall–Kier alpha value is -6.01. The molecule has 0 fully saturated rings. The molecule has 3 aromatic heterocycles. The second-order valence-electron chi connectivity index (χ2n) is 12.4. The number of aromatic nitrogens is 3. The summed E-state index contributed by atoms with van der Waals surface area (Å²) in [5.74, 6) is 2.00. The van der Waals surface area contributed by atoms with Gasteiger partial charge in [0.15, 0.2) is 17.5 Å². The summed E-state index contributed by atoms with van der Waals surface area (Å²) in [6, 6.07) is 58.0. The maximum Gasteiger partial charge on any atom is 0.164 e. The molecule has 0 unspecified atom stereocenters. The molecule has 0 saturated heterocycles. The number of rotatable bonds is 5. The van der Waals surface area contributed by atoms with E-state index in [2.05, 4.69) is 103 Å².